The Morgan fingerprint density at radius 1 is 1.85 bits per heavy atom. The van der Waals surface area contributed by atoms with E-state index in [0.717, 1.165) is 0 Å². The Hall–Kier alpha value is -1.03. The number of aryl methyl sites for hydroxylation is 1. The minimum Gasteiger partial charge on any atom is -0.360 e. The molecule has 1 aromatic heterocycles. The molecule has 0 saturated carbocycles. The number of nitrogens with zero attached hydrogens (tertiary/aromatic N) is 1. The topological polar surface area (TPSA) is 55.1 Å². The van der Waals surface area contributed by atoms with E-state index in [-0.39, 0.29) is 11.8 Å². The van der Waals surface area contributed by atoms with E-state index >= 15 is 0 Å². The van der Waals surface area contributed by atoms with E-state index in [1.54, 1.807) is 19.9 Å². The number of halogens is 1. The van der Waals surface area contributed by atoms with Gasteiger partial charge in [0.15, 0.2) is 5.82 Å². The van der Waals surface area contributed by atoms with E-state index in [4.69, 9.17) is 16.1 Å². The van der Waals surface area contributed by atoms with Gasteiger partial charge in [-0.1, -0.05) is 12.1 Å². The fraction of sp³-hybridized carbons (Fsp3) is 0.500. The van der Waals surface area contributed by atoms with Crippen LogP contribution in [0.25, 0.3) is 0 Å². The highest BCUT2D eigenvalue weighted by Crippen LogP contribution is 2.09. The van der Waals surface area contributed by atoms with Gasteiger partial charge in [-0.15, -0.1) is 11.6 Å². The monoisotopic (exact) mass is 202 g/mol. The summed E-state index contributed by atoms with van der Waals surface area (Å²) in [6.07, 6.45) is 0. The van der Waals surface area contributed by atoms with Crippen LogP contribution < -0.4 is 5.32 Å². The molecule has 0 aliphatic rings. The first-order valence-electron chi connectivity index (χ1n) is 3.93. The third kappa shape index (κ3) is 2.73. The van der Waals surface area contributed by atoms with Crippen molar-refractivity contribution in [1.82, 2.24) is 5.16 Å². The first-order valence-corrected chi connectivity index (χ1v) is 4.47. The number of rotatable bonds is 3. The molecule has 4 nitrogen and oxygen atoms in total. The molecule has 1 N–H and O–H groups in total. The van der Waals surface area contributed by atoms with Crippen LogP contribution in [0.5, 0.6) is 0 Å². The number of amides is 1. The van der Waals surface area contributed by atoms with Crippen LogP contribution >= 0.6 is 11.6 Å². The van der Waals surface area contributed by atoms with Gasteiger partial charge < -0.3 is 9.84 Å². The number of anilines is 1. The summed E-state index contributed by atoms with van der Waals surface area (Å²) in [6.45, 7) is 3.50. The zero-order chi connectivity index (χ0) is 9.84. The zero-order valence-corrected chi connectivity index (χ0v) is 8.26. The highest BCUT2D eigenvalue weighted by atomic mass is 35.5. The highest BCUT2D eigenvalue weighted by molar-refractivity contribution is 6.19. The average Bonchev–Trinajstić information content (AvgIpc) is 2.49. The molecule has 13 heavy (non-hydrogen) atoms. The number of nitrogens with one attached hydrogen (secondary N) is 1. The number of carbonyl (C=O) groups excluding carboxylic acids is 1. The van der Waals surface area contributed by atoms with Gasteiger partial charge in [-0.25, -0.2) is 0 Å². The van der Waals surface area contributed by atoms with Crippen molar-refractivity contribution in [1.29, 1.82) is 0 Å². The second kappa shape index (κ2) is 4.28. The molecule has 0 aromatic carbocycles. The lowest BCUT2D eigenvalue weighted by Crippen LogP contribution is -2.21. The summed E-state index contributed by atoms with van der Waals surface area (Å²) in [7, 11) is 0. The van der Waals surface area contributed by atoms with Gasteiger partial charge in [0, 0.05) is 17.9 Å². The molecule has 1 unspecified atom stereocenters. The molecule has 0 saturated heterocycles. The van der Waals surface area contributed by atoms with E-state index in [9.17, 15) is 4.79 Å². The predicted octanol–water partition coefficient (Wildman–Crippen LogP) is 1.80. The van der Waals surface area contributed by atoms with Crippen molar-refractivity contribution in [3.05, 3.63) is 11.8 Å². The van der Waals surface area contributed by atoms with Crippen molar-refractivity contribution in [2.75, 3.05) is 11.2 Å². The molecule has 1 heterocycles. The second-order valence-corrected chi connectivity index (χ2v) is 3.18. The Bertz CT molecular complexity index is 298. The minimum absolute atomic E-state index is 0.150. The number of aromatic nitrogens is 1. The van der Waals surface area contributed by atoms with Crippen molar-refractivity contribution < 1.29 is 9.32 Å². The lowest BCUT2D eigenvalue weighted by Gasteiger charge is -2.05. The van der Waals surface area contributed by atoms with Crippen molar-refractivity contribution in [3.63, 3.8) is 0 Å². The lowest BCUT2D eigenvalue weighted by molar-refractivity contribution is -0.118. The molecule has 0 fully saturated rings. The van der Waals surface area contributed by atoms with E-state index < -0.39 is 0 Å². The molecule has 0 spiro atoms. The van der Waals surface area contributed by atoms with Gasteiger partial charge in [0.2, 0.25) is 5.91 Å². The summed E-state index contributed by atoms with van der Waals surface area (Å²) < 4.78 is 4.78. The SMILES string of the molecule is Cc1cc(NC(=O)C(C)CCl)no1. The molecule has 72 valence electrons. The number of alkyl halides is 1. The third-order valence-electron chi connectivity index (χ3n) is 1.56. The minimum atomic E-state index is -0.223. The third-order valence-corrected chi connectivity index (χ3v) is 2.02. The molecule has 0 bridgehead atoms. The summed E-state index contributed by atoms with van der Waals surface area (Å²) in [5, 5.41) is 6.21. The Kier molecular flexibility index (Phi) is 3.31. The Morgan fingerprint density at radius 3 is 3.00 bits per heavy atom. The van der Waals surface area contributed by atoms with Crippen LogP contribution in [-0.4, -0.2) is 16.9 Å². The molecule has 1 aromatic rings. The Labute approximate surface area is 81.2 Å². The average molecular weight is 203 g/mol. The van der Waals surface area contributed by atoms with Crippen LogP contribution in [0, 0.1) is 12.8 Å². The molecule has 0 radical (unpaired) electrons. The molecule has 0 aliphatic heterocycles. The molecular weight excluding hydrogens is 192 g/mol. The van der Waals surface area contributed by atoms with Crippen LogP contribution in [0.3, 0.4) is 0 Å². The molecule has 0 aliphatic carbocycles. The fourth-order valence-electron chi connectivity index (χ4n) is 0.745. The van der Waals surface area contributed by atoms with E-state index in [0.29, 0.717) is 17.5 Å². The molecule has 1 amide bonds. The number of carbonyl (C=O) groups is 1. The predicted molar refractivity (Wildman–Crippen MR) is 49.8 cm³/mol. The largest absolute Gasteiger partial charge is 0.360 e. The van der Waals surface area contributed by atoms with Crippen LogP contribution in [0.2, 0.25) is 0 Å². The maximum atomic E-state index is 11.3. The van der Waals surface area contributed by atoms with E-state index in [2.05, 4.69) is 10.5 Å². The summed E-state index contributed by atoms with van der Waals surface area (Å²) in [4.78, 5) is 11.3. The molecule has 1 rings (SSSR count). The summed E-state index contributed by atoms with van der Waals surface area (Å²) in [5.41, 5.74) is 0. The van der Waals surface area contributed by atoms with Crippen LogP contribution in [-0.2, 0) is 4.79 Å². The van der Waals surface area contributed by atoms with Gasteiger partial charge in [0.05, 0.1) is 0 Å². The van der Waals surface area contributed by atoms with E-state index in [1.165, 1.54) is 0 Å². The van der Waals surface area contributed by atoms with Gasteiger partial charge >= 0.3 is 0 Å². The van der Waals surface area contributed by atoms with Crippen LogP contribution in [0.4, 0.5) is 5.82 Å². The van der Waals surface area contributed by atoms with E-state index in [1.807, 2.05) is 0 Å². The molecular formula is C8H11ClN2O2. The highest BCUT2D eigenvalue weighted by Gasteiger charge is 2.12. The fourth-order valence-corrected chi connectivity index (χ4v) is 0.885. The smallest absolute Gasteiger partial charge is 0.229 e. The maximum Gasteiger partial charge on any atom is 0.229 e. The normalized spacial score (nSPS) is 12.5. The van der Waals surface area contributed by atoms with Crippen molar-refractivity contribution in [2.45, 2.75) is 13.8 Å². The van der Waals surface area contributed by atoms with Crippen molar-refractivity contribution >= 4 is 23.3 Å². The van der Waals surface area contributed by atoms with Gasteiger partial charge in [0.25, 0.3) is 0 Å². The van der Waals surface area contributed by atoms with Crippen LogP contribution in [0.1, 0.15) is 12.7 Å². The zero-order valence-electron chi connectivity index (χ0n) is 7.50. The Balaban J connectivity index is 2.54. The van der Waals surface area contributed by atoms with Crippen LogP contribution in [0.15, 0.2) is 10.6 Å². The quantitative estimate of drug-likeness (QED) is 0.761. The van der Waals surface area contributed by atoms with Gasteiger partial charge in [-0.2, -0.15) is 0 Å². The van der Waals surface area contributed by atoms with Gasteiger partial charge in [0.1, 0.15) is 5.76 Å². The summed E-state index contributed by atoms with van der Waals surface area (Å²) in [5.74, 6) is 1.01. The van der Waals surface area contributed by atoms with Crippen molar-refractivity contribution in [3.8, 4) is 0 Å². The lowest BCUT2D eigenvalue weighted by atomic mass is 10.2. The molecule has 5 heteroatoms. The first kappa shape index (κ1) is 10.1. The second-order valence-electron chi connectivity index (χ2n) is 2.87. The summed E-state index contributed by atoms with van der Waals surface area (Å²) >= 11 is 5.51. The van der Waals surface area contributed by atoms with Crippen molar-refractivity contribution in [2.24, 2.45) is 5.92 Å². The summed E-state index contributed by atoms with van der Waals surface area (Å²) in [6, 6.07) is 1.65. The number of hydrogen-bond acceptors (Lipinski definition) is 3. The Morgan fingerprint density at radius 2 is 2.54 bits per heavy atom. The molecule has 1 atom stereocenters. The first-order chi connectivity index (χ1) is 6.13. The maximum absolute atomic E-state index is 11.3. The van der Waals surface area contributed by atoms with Gasteiger partial charge in [-0.3, -0.25) is 4.79 Å². The van der Waals surface area contributed by atoms with Gasteiger partial charge in [-0.05, 0) is 6.92 Å². The standard InChI is InChI=1S/C8H11ClN2O2/c1-5(4-9)8(12)10-7-3-6(2)13-11-7/h3,5H,4H2,1-2H3,(H,10,11,12). The number of hydrogen-bond donors (Lipinski definition) is 1.